The molecule has 0 spiro atoms. The molecule has 1 fully saturated rings. The molecule has 2 heterocycles. The lowest BCUT2D eigenvalue weighted by molar-refractivity contribution is -0.132. The molecule has 23 heavy (non-hydrogen) atoms. The minimum atomic E-state index is 0.0857. The first kappa shape index (κ1) is 15.7. The van der Waals surface area contributed by atoms with Gasteiger partial charge in [0.1, 0.15) is 0 Å². The number of hydrogen-bond acceptors (Lipinski definition) is 5. The molecule has 122 valence electrons. The Labute approximate surface area is 136 Å². The Morgan fingerprint density at radius 1 is 1.22 bits per heavy atom. The zero-order valence-corrected chi connectivity index (χ0v) is 13.6. The normalized spacial score (nSPS) is 17.2. The molecule has 0 bridgehead atoms. The molecule has 1 aromatic heterocycles. The number of rotatable bonds is 4. The van der Waals surface area contributed by atoms with Gasteiger partial charge in [-0.3, -0.25) is 9.69 Å². The first-order chi connectivity index (χ1) is 11.1. The van der Waals surface area contributed by atoms with E-state index in [2.05, 4.69) is 22.0 Å². The minimum Gasteiger partial charge on any atom is -0.340 e. The Hall–Kier alpha value is -2.21. The van der Waals surface area contributed by atoms with Crippen LogP contribution in [0.3, 0.4) is 0 Å². The summed E-state index contributed by atoms with van der Waals surface area (Å²) in [5, 5.41) is 3.85. The lowest BCUT2D eigenvalue weighted by atomic mass is 10.1. The number of hydrogen-bond donors (Lipinski definition) is 0. The maximum Gasteiger partial charge on any atom is 0.243 e. The molecule has 1 saturated heterocycles. The monoisotopic (exact) mass is 314 g/mol. The Balaban J connectivity index is 1.53. The van der Waals surface area contributed by atoms with Gasteiger partial charge in [-0.05, 0) is 19.4 Å². The Morgan fingerprint density at radius 2 is 1.91 bits per heavy atom. The van der Waals surface area contributed by atoms with E-state index in [1.165, 1.54) is 0 Å². The second kappa shape index (κ2) is 6.91. The van der Waals surface area contributed by atoms with E-state index in [0.29, 0.717) is 18.1 Å². The number of aromatic nitrogens is 2. The van der Waals surface area contributed by atoms with Crippen LogP contribution in [0.5, 0.6) is 0 Å². The number of nitrogens with zero attached hydrogens (tertiary/aromatic N) is 4. The first-order valence-electron chi connectivity index (χ1n) is 7.99. The van der Waals surface area contributed by atoms with Crippen LogP contribution in [0.25, 0.3) is 0 Å². The average Bonchev–Trinajstić information content (AvgIpc) is 3.02. The quantitative estimate of drug-likeness (QED) is 0.861. The van der Waals surface area contributed by atoms with Crippen LogP contribution in [-0.2, 0) is 11.2 Å². The van der Waals surface area contributed by atoms with Crippen LogP contribution < -0.4 is 0 Å². The van der Waals surface area contributed by atoms with Crippen molar-refractivity contribution in [3.8, 4) is 0 Å². The molecule has 0 saturated carbocycles. The van der Waals surface area contributed by atoms with Crippen molar-refractivity contribution in [1.29, 1.82) is 0 Å². The molecule has 1 aliphatic rings. The van der Waals surface area contributed by atoms with Crippen molar-refractivity contribution in [1.82, 2.24) is 19.9 Å². The molecule has 1 aliphatic heterocycles. The van der Waals surface area contributed by atoms with Crippen LogP contribution >= 0.6 is 0 Å². The summed E-state index contributed by atoms with van der Waals surface area (Å²) in [5.41, 5.74) is 1.06. The van der Waals surface area contributed by atoms with Crippen molar-refractivity contribution >= 4 is 5.91 Å². The van der Waals surface area contributed by atoms with Gasteiger partial charge in [-0.2, -0.15) is 4.98 Å². The summed E-state index contributed by atoms with van der Waals surface area (Å²) >= 11 is 0. The standard InChI is InChI=1S/C17H22N4O2/c1-13(17-18-14(2)19-23-17)20-8-10-21(11-9-20)16(22)12-15-6-4-3-5-7-15/h3-7,13H,8-12H2,1-2H3/t13-/m1/s1. The van der Waals surface area contributed by atoms with E-state index in [9.17, 15) is 4.79 Å². The smallest absolute Gasteiger partial charge is 0.243 e. The zero-order valence-electron chi connectivity index (χ0n) is 13.6. The summed E-state index contributed by atoms with van der Waals surface area (Å²) in [6.07, 6.45) is 0.471. The number of aryl methyl sites for hydroxylation is 1. The van der Waals surface area contributed by atoms with Gasteiger partial charge >= 0.3 is 0 Å². The number of benzene rings is 1. The van der Waals surface area contributed by atoms with Gasteiger partial charge in [-0.25, -0.2) is 0 Å². The van der Waals surface area contributed by atoms with E-state index in [4.69, 9.17) is 4.52 Å². The fourth-order valence-corrected chi connectivity index (χ4v) is 2.88. The van der Waals surface area contributed by atoms with E-state index < -0.39 is 0 Å². The van der Waals surface area contributed by atoms with Gasteiger partial charge in [0, 0.05) is 26.2 Å². The maximum atomic E-state index is 12.4. The lowest BCUT2D eigenvalue weighted by Gasteiger charge is -2.36. The highest BCUT2D eigenvalue weighted by Gasteiger charge is 2.27. The summed E-state index contributed by atoms with van der Waals surface area (Å²) in [5.74, 6) is 1.49. The fourth-order valence-electron chi connectivity index (χ4n) is 2.88. The number of amides is 1. The second-order valence-corrected chi connectivity index (χ2v) is 5.93. The number of piperazine rings is 1. The van der Waals surface area contributed by atoms with Crippen molar-refractivity contribution in [3.05, 3.63) is 47.6 Å². The van der Waals surface area contributed by atoms with Gasteiger partial charge in [0.25, 0.3) is 0 Å². The lowest BCUT2D eigenvalue weighted by Crippen LogP contribution is -2.49. The highest BCUT2D eigenvalue weighted by atomic mass is 16.5. The van der Waals surface area contributed by atoms with E-state index >= 15 is 0 Å². The van der Waals surface area contributed by atoms with Crippen molar-refractivity contribution in [2.24, 2.45) is 0 Å². The topological polar surface area (TPSA) is 62.5 Å². The highest BCUT2D eigenvalue weighted by molar-refractivity contribution is 5.78. The largest absolute Gasteiger partial charge is 0.340 e. The highest BCUT2D eigenvalue weighted by Crippen LogP contribution is 2.20. The Morgan fingerprint density at radius 3 is 2.52 bits per heavy atom. The average molecular weight is 314 g/mol. The van der Waals surface area contributed by atoms with Gasteiger partial charge in [0.15, 0.2) is 5.82 Å². The Kier molecular flexibility index (Phi) is 4.71. The van der Waals surface area contributed by atoms with Gasteiger partial charge < -0.3 is 9.42 Å². The number of carbonyl (C=O) groups is 1. The van der Waals surface area contributed by atoms with Crippen LogP contribution in [0.4, 0.5) is 0 Å². The molecular formula is C17H22N4O2. The third kappa shape index (κ3) is 3.76. The molecule has 3 rings (SSSR count). The molecule has 1 aromatic carbocycles. The molecule has 1 atom stereocenters. The molecule has 6 heteroatoms. The Bertz CT molecular complexity index is 648. The third-order valence-electron chi connectivity index (χ3n) is 4.31. The number of carbonyl (C=O) groups excluding carboxylic acids is 1. The fraction of sp³-hybridized carbons (Fsp3) is 0.471. The molecule has 0 radical (unpaired) electrons. The molecule has 6 nitrogen and oxygen atoms in total. The predicted octanol–water partition coefficient (Wildman–Crippen LogP) is 1.83. The van der Waals surface area contributed by atoms with Gasteiger partial charge in [-0.15, -0.1) is 0 Å². The van der Waals surface area contributed by atoms with Crippen molar-refractivity contribution in [2.75, 3.05) is 26.2 Å². The second-order valence-electron chi connectivity index (χ2n) is 5.93. The summed E-state index contributed by atoms with van der Waals surface area (Å²) in [4.78, 5) is 20.9. The van der Waals surface area contributed by atoms with Crippen LogP contribution in [0.15, 0.2) is 34.9 Å². The van der Waals surface area contributed by atoms with Crippen LogP contribution in [0.2, 0.25) is 0 Å². The molecule has 0 unspecified atom stereocenters. The first-order valence-corrected chi connectivity index (χ1v) is 7.99. The van der Waals surface area contributed by atoms with E-state index in [1.54, 1.807) is 0 Å². The van der Waals surface area contributed by atoms with Crippen molar-refractivity contribution < 1.29 is 9.32 Å². The summed E-state index contributed by atoms with van der Waals surface area (Å²) in [6.45, 7) is 7.01. The SMILES string of the molecule is Cc1noc([C@@H](C)N2CCN(C(=O)Cc3ccccc3)CC2)n1. The van der Waals surface area contributed by atoms with E-state index in [1.807, 2.05) is 42.2 Å². The molecular weight excluding hydrogens is 292 g/mol. The van der Waals surface area contributed by atoms with Gasteiger partial charge in [0.2, 0.25) is 11.8 Å². The van der Waals surface area contributed by atoms with Crippen LogP contribution in [0.1, 0.15) is 30.2 Å². The van der Waals surface area contributed by atoms with E-state index in [0.717, 1.165) is 31.7 Å². The molecule has 2 aromatic rings. The maximum absolute atomic E-state index is 12.4. The van der Waals surface area contributed by atoms with Crippen LogP contribution in [0, 0.1) is 6.92 Å². The summed E-state index contributed by atoms with van der Waals surface area (Å²) < 4.78 is 5.25. The van der Waals surface area contributed by atoms with Gasteiger partial charge in [0.05, 0.1) is 12.5 Å². The summed E-state index contributed by atoms with van der Waals surface area (Å²) in [6, 6.07) is 9.97. The zero-order chi connectivity index (χ0) is 16.2. The molecule has 1 amide bonds. The minimum absolute atomic E-state index is 0.0857. The van der Waals surface area contributed by atoms with Crippen LogP contribution in [-0.4, -0.2) is 52.0 Å². The van der Waals surface area contributed by atoms with E-state index in [-0.39, 0.29) is 11.9 Å². The third-order valence-corrected chi connectivity index (χ3v) is 4.31. The summed E-state index contributed by atoms with van der Waals surface area (Å²) in [7, 11) is 0. The molecule has 0 N–H and O–H groups in total. The van der Waals surface area contributed by atoms with Crippen molar-refractivity contribution in [3.63, 3.8) is 0 Å². The van der Waals surface area contributed by atoms with Gasteiger partial charge in [-0.1, -0.05) is 35.5 Å². The van der Waals surface area contributed by atoms with Crippen molar-refractivity contribution in [2.45, 2.75) is 26.3 Å². The molecule has 0 aliphatic carbocycles. The predicted molar refractivity (Wildman–Crippen MR) is 85.7 cm³/mol.